The monoisotopic (exact) mass is 221 g/mol. The second-order valence-corrected chi connectivity index (χ2v) is 5.10. The molecule has 0 aliphatic carbocycles. The number of thiophene rings is 1. The van der Waals surface area contributed by atoms with E-state index in [2.05, 4.69) is 46.6 Å². The van der Waals surface area contributed by atoms with E-state index in [9.17, 15) is 0 Å². The predicted octanol–water partition coefficient (Wildman–Crippen LogP) is 2.86. The maximum Gasteiger partial charge on any atom is 0.200 e. The summed E-state index contributed by atoms with van der Waals surface area (Å²) < 4.78 is 0. The molecule has 0 amide bonds. The molecule has 2 rings (SSSR count). The lowest BCUT2D eigenvalue weighted by Crippen LogP contribution is -2.26. The number of rotatable bonds is 4. The van der Waals surface area contributed by atoms with Crippen molar-refractivity contribution in [3.8, 4) is 0 Å². The molecule has 80 valence electrons. The first-order chi connectivity index (χ1) is 7.18. The number of hydrogen-bond acceptors (Lipinski definition) is 3. The SMILES string of the molecule is CC(C)(CNc1ncc[nH]1)c1cccs1. The molecule has 0 aliphatic rings. The van der Waals surface area contributed by atoms with Gasteiger partial charge in [-0.15, -0.1) is 11.3 Å². The van der Waals surface area contributed by atoms with Gasteiger partial charge in [0, 0.05) is 29.2 Å². The average molecular weight is 221 g/mol. The van der Waals surface area contributed by atoms with Crippen molar-refractivity contribution in [2.24, 2.45) is 0 Å². The number of aromatic amines is 1. The molecule has 2 heterocycles. The molecule has 0 atom stereocenters. The summed E-state index contributed by atoms with van der Waals surface area (Å²) in [4.78, 5) is 8.56. The largest absolute Gasteiger partial charge is 0.355 e. The van der Waals surface area contributed by atoms with Gasteiger partial charge in [0.05, 0.1) is 0 Å². The number of nitrogens with zero attached hydrogens (tertiary/aromatic N) is 1. The highest BCUT2D eigenvalue weighted by Gasteiger charge is 2.21. The minimum Gasteiger partial charge on any atom is -0.355 e. The molecule has 0 bridgehead atoms. The van der Waals surface area contributed by atoms with Gasteiger partial charge in [-0.3, -0.25) is 0 Å². The molecule has 3 nitrogen and oxygen atoms in total. The maximum absolute atomic E-state index is 4.14. The second kappa shape index (κ2) is 4.06. The Balaban J connectivity index is 1.99. The van der Waals surface area contributed by atoms with Crippen molar-refractivity contribution in [1.82, 2.24) is 9.97 Å². The number of anilines is 1. The van der Waals surface area contributed by atoms with Gasteiger partial charge in [-0.1, -0.05) is 19.9 Å². The Morgan fingerprint density at radius 2 is 2.40 bits per heavy atom. The van der Waals surface area contributed by atoms with E-state index >= 15 is 0 Å². The van der Waals surface area contributed by atoms with Crippen LogP contribution in [-0.2, 0) is 5.41 Å². The van der Waals surface area contributed by atoms with E-state index in [1.165, 1.54) is 4.88 Å². The molecular weight excluding hydrogens is 206 g/mol. The van der Waals surface area contributed by atoms with Crippen molar-refractivity contribution in [3.05, 3.63) is 34.8 Å². The molecule has 0 aromatic carbocycles. The molecule has 2 aromatic rings. The van der Waals surface area contributed by atoms with Crippen molar-refractivity contribution >= 4 is 17.3 Å². The van der Waals surface area contributed by atoms with Crippen LogP contribution in [0, 0.1) is 0 Å². The molecule has 2 aromatic heterocycles. The first kappa shape index (κ1) is 10.2. The zero-order chi connectivity index (χ0) is 10.7. The molecule has 0 aliphatic heterocycles. The number of nitrogens with one attached hydrogen (secondary N) is 2. The van der Waals surface area contributed by atoms with Crippen LogP contribution in [0.1, 0.15) is 18.7 Å². The van der Waals surface area contributed by atoms with Gasteiger partial charge in [0.2, 0.25) is 0 Å². The van der Waals surface area contributed by atoms with Crippen LogP contribution in [0.3, 0.4) is 0 Å². The van der Waals surface area contributed by atoms with Crippen LogP contribution in [0.4, 0.5) is 5.95 Å². The summed E-state index contributed by atoms with van der Waals surface area (Å²) in [6, 6.07) is 4.27. The summed E-state index contributed by atoms with van der Waals surface area (Å²) >= 11 is 1.80. The molecule has 0 saturated carbocycles. The highest BCUT2D eigenvalue weighted by Crippen LogP contribution is 2.27. The van der Waals surface area contributed by atoms with Gasteiger partial charge in [-0.25, -0.2) is 4.98 Å². The third-order valence-electron chi connectivity index (χ3n) is 2.38. The number of hydrogen-bond donors (Lipinski definition) is 2. The van der Waals surface area contributed by atoms with E-state index in [1.807, 2.05) is 6.20 Å². The van der Waals surface area contributed by atoms with Gasteiger partial charge in [-0.2, -0.15) is 0 Å². The summed E-state index contributed by atoms with van der Waals surface area (Å²) in [5.41, 5.74) is 0.140. The van der Waals surface area contributed by atoms with Crippen molar-refractivity contribution in [1.29, 1.82) is 0 Å². The van der Waals surface area contributed by atoms with E-state index in [0.717, 1.165) is 12.5 Å². The van der Waals surface area contributed by atoms with Crippen LogP contribution in [0.25, 0.3) is 0 Å². The van der Waals surface area contributed by atoms with Crippen LogP contribution < -0.4 is 5.32 Å². The maximum atomic E-state index is 4.14. The third-order valence-corrected chi connectivity index (χ3v) is 3.62. The molecule has 0 spiro atoms. The van der Waals surface area contributed by atoms with Gasteiger partial charge in [0.15, 0.2) is 5.95 Å². The highest BCUT2D eigenvalue weighted by atomic mass is 32.1. The Morgan fingerprint density at radius 3 is 3.00 bits per heavy atom. The smallest absolute Gasteiger partial charge is 0.200 e. The summed E-state index contributed by atoms with van der Waals surface area (Å²) in [6.07, 6.45) is 3.57. The first-order valence-corrected chi connectivity index (χ1v) is 5.84. The number of aromatic nitrogens is 2. The Hall–Kier alpha value is -1.29. The normalized spacial score (nSPS) is 11.6. The molecule has 0 radical (unpaired) electrons. The summed E-state index contributed by atoms with van der Waals surface area (Å²) in [7, 11) is 0. The fourth-order valence-corrected chi connectivity index (χ4v) is 2.27. The van der Waals surface area contributed by atoms with E-state index in [4.69, 9.17) is 0 Å². The zero-order valence-corrected chi connectivity index (χ0v) is 9.77. The van der Waals surface area contributed by atoms with Crippen LogP contribution in [0.2, 0.25) is 0 Å². The van der Waals surface area contributed by atoms with Crippen molar-refractivity contribution in [3.63, 3.8) is 0 Å². The molecule has 15 heavy (non-hydrogen) atoms. The van der Waals surface area contributed by atoms with Gasteiger partial charge >= 0.3 is 0 Å². The molecular formula is C11H15N3S. The lowest BCUT2D eigenvalue weighted by Gasteiger charge is -2.23. The summed E-state index contributed by atoms with van der Waals surface area (Å²) in [6.45, 7) is 5.34. The van der Waals surface area contributed by atoms with Gasteiger partial charge in [-0.05, 0) is 11.4 Å². The van der Waals surface area contributed by atoms with Gasteiger partial charge in [0.25, 0.3) is 0 Å². The van der Waals surface area contributed by atoms with E-state index < -0.39 is 0 Å². The van der Waals surface area contributed by atoms with Crippen molar-refractivity contribution in [2.45, 2.75) is 19.3 Å². The minimum absolute atomic E-state index is 0.140. The summed E-state index contributed by atoms with van der Waals surface area (Å²) in [5, 5.41) is 5.41. The van der Waals surface area contributed by atoms with Crippen molar-refractivity contribution in [2.75, 3.05) is 11.9 Å². The summed E-state index contributed by atoms with van der Waals surface area (Å²) in [5.74, 6) is 0.833. The van der Waals surface area contributed by atoms with Gasteiger partial charge < -0.3 is 10.3 Å². The van der Waals surface area contributed by atoms with Crippen LogP contribution in [-0.4, -0.2) is 16.5 Å². The second-order valence-electron chi connectivity index (χ2n) is 4.15. The average Bonchev–Trinajstić information content (AvgIpc) is 2.88. The van der Waals surface area contributed by atoms with E-state index in [-0.39, 0.29) is 5.41 Å². The highest BCUT2D eigenvalue weighted by molar-refractivity contribution is 7.10. The molecule has 4 heteroatoms. The van der Waals surface area contributed by atoms with Gasteiger partial charge in [0.1, 0.15) is 0 Å². The van der Waals surface area contributed by atoms with Crippen molar-refractivity contribution < 1.29 is 0 Å². The lowest BCUT2D eigenvalue weighted by atomic mass is 9.91. The fraction of sp³-hybridized carbons (Fsp3) is 0.364. The Kier molecular flexibility index (Phi) is 2.77. The van der Waals surface area contributed by atoms with E-state index in [1.54, 1.807) is 17.5 Å². The number of imidazole rings is 1. The molecule has 0 fully saturated rings. The topological polar surface area (TPSA) is 40.7 Å². The minimum atomic E-state index is 0.140. The Labute approximate surface area is 93.6 Å². The molecule has 0 unspecified atom stereocenters. The van der Waals surface area contributed by atoms with Crippen LogP contribution in [0.15, 0.2) is 29.9 Å². The Morgan fingerprint density at radius 1 is 1.53 bits per heavy atom. The van der Waals surface area contributed by atoms with Crippen LogP contribution >= 0.6 is 11.3 Å². The number of H-pyrrole nitrogens is 1. The quantitative estimate of drug-likeness (QED) is 0.833. The Bertz CT molecular complexity index is 389. The van der Waals surface area contributed by atoms with Crippen LogP contribution in [0.5, 0.6) is 0 Å². The molecule has 2 N–H and O–H groups in total. The van der Waals surface area contributed by atoms with E-state index in [0.29, 0.717) is 0 Å². The first-order valence-electron chi connectivity index (χ1n) is 4.96. The third kappa shape index (κ3) is 2.39. The standard InChI is InChI=1S/C11H15N3S/c1-11(2,9-4-3-7-15-9)8-14-10-12-5-6-13-10/h3-7H,8H2,1-2H3,(H2,12,13,14). The lowest BCUT2D eigenvalue weighted by molar-refractivity contribution is 0.567. The zero-order valence-electron chi connectivity index (χ0n) is 8.95. The predicted molar refractivity (Wildman–Crippen MR) is 64.4 cm³/mol. The molecule has 0 saturated heterocycles. The fourth-order valence-electron chi connectivity index (χ4n) is 1.42.